The monoisotopic (exact) mass is 505 g/mol. The number of hydrogen-bond acceptors (Lipinski definition) is 4. The van der Waals surface area contributed by atoms with Crippen LogP contribution in [0.5, 0.6) is 5.75 Å². The van der Waals surface area contributed by atoms with E-state index in [2.05, 4.69) is 15.9 Å². The van der Waals surface area contributed by atoms with Crippen LogP contribution in [-0.4, -0.2) is 21.2 Å². The number of ether oxygens (including phenoxy) is 1. The van der Waals surface area contributed by atoms with Gasteiger partial charge in [-0.05, 0) is 70.2 Å². The number of carbonyl (C=O) groups excluding carboxylic acids is 1. The lowest BCUT2D eigenvalue weighted by Crippen LogP contribution is -2.39. The quantitative estimate of drug-likeness (QED) is 0.334. The third-order valence-electron chi connectivity index (χ3n) is 5.32. The van der Waals surface area contributed by atoms with Crippen LogP contribution in [0.4, 0.5) is 4.39 Å². The highest BCUT2D eigenvalue weighted by molar-refractivity contribution is 9.10. The molecule has 1 amide bonds. The molecule has 1 saturated heterocycles. The van der Waals surface area contributed by atoms with Gasteiger partial charge in [0.05, 0.1) is 9.38 Å². The first-order valence-electron chi connectivity index (χ1n) is 9.95. The van der Waals surface area contributed by atoms with Crippen LogP contribution < -0.4 is 4.74 Å². The average molecular weight is 506 g/mol. The van der Waals surface area contributed by atoms with E-state index >= 15 is 0 Å². The molecule has 0 bridgehead atoms. The van der Waals surface area contributed by atoms with Crippen LogP contribution in [0.15, 0.2) is 51.8 Å². The summed E-state index contributed by atoms with van der Waals surface area (Å²) in [6.45, 7) is 0.346. The van der Waals surface area contributed by atoms with Gasteiger partial charge in [-0.15, -0.1) is 0 Å². The molecule has 1 heterocycles. The molecule has 1 aliphatic heterocycles. The lowest BCUT2D eigenvalue weighted by molar-refractivity contribution is -0.124. The molecule has 2 fully saturated rings. The Kier molecular flexibility index (Phi) is 6.91. The van der Waals surface area contributed by atoms with Crippen LogP contribution in [0.25, 0.3) is 6.08 Å². The predicted molar refractivity (Wildman–Crippen MR) is 127 cm³/mol. The van der Waals surface area contributed by atoms with Crippen molar-refractivity contribution in [2.24, 2.45) is 0 Å². The number of nitrogens with zero attached hydrogens (tertiary/aromatic N) is 1. The van der Waals surface area contributed by atoms with Gasteiger partial charge in [-0.1, -0.05) is 61.4 Å². The smallest absolute Gasteiger partial charge is 0.266 e. The molecule has 2 aliphatic rings. The molecule has 1 aliphatic carbocycles. The molecule has 30 heavy (non-hydrogen) atoms. The fraction of sp³-hybridized carbons (Fsp3) is 0.304. The number of carbonyl (C=O) groups is 1. The van der Waals surface area contributed by atoms with Crippen molar-refractivity contribution in [3.63, 3.8) is 0 Å². The van der Waals surface area contributed by atoms with E-state index in [1.807, 2.05) is 29.2 Å². The minimum atomic E-state index is -0.266. The highest BCUT2D eigenvalue weighted by Crippen LogP contribution is 2.38. The van der Waals surface area contributed by atoms with Crippen LogP contribution >= 0.6 is 39.9 Å². The number of rotatable bonds is 5. The van der Waals surface area contributed by atoms with E-state index in [4.69, 9.17) is 17.0 Å². The van der Waals surface area contributed by atoms with Gasteiger partial charge >= 0.3 is 0 Å². The molecule has 4 rings (SSSR count). The summed E-state index contributed by atoms with van der Waals surface area (Å²) in [7, 11) is 0. The van der Waals surface area contributed by atoms with Crippen molar-refractivity contribution in [3.8, 4) is 5.75 Å². The Hall–Kier alpha value is -1.70. The molecule has 3 nitrogen and oxygen atoms in total. The van der Waals surface area contributed by atoms with E-state index in [1.165, 1.54) is 30.3 Å². The van der Waals surface area contributed by atoms with Crippen LogP contribution in [0.2, 0.25) is 0 Å². The number of halogens is 2. The molecular formula is C23H21BrFNO2S2. The van der Waals surface area contributed by atoms with Crippen molar-refractivity contribution in [2.75, 3.05) is 0 Å². The number of thioether (sulfide) groups is 1. The van der Waals surface area contributed by atoms with Gasteiger partial charge in [-0.3, -0.25) is 9.69 Å². The van der Waals surface area contributed by atoms with Gasteiger partial charge in [-0.25, -0.2) is 4.39 Å². The van der Waals surface area contributed by atoms with Gasteiger partial charge in [0, 0.05) is 6.04 Å². The predicted octanol–water partition coefficient (Wildman–Crippen LogP) is 6.70. The molecule has 0 spiro atoms. The molecule has 0 aromatic heterocycles. The fourth-order valence-electron chi connectivity index (χ4n) is 3.75. The summed E-state index contributed by atoms with van der Waals surface area (Å²) in [4.78, 5) is 15.4. The Morgan fingerprint density at radius 1 is 1.17 bits per heavy atom. The summed E-state index contributed by atoms with van der Waals surface area (Å²) < 4.78 is 20.3. The van der Waals surface area contributed by atoms with E-state index in [0.29, 0.717) is 21.6 Å². The minimum Gasteiger partial charge on any atom is -0.488 e. The van der Waals surface area contributed by atoms with E-state index in [-0.39, 0.29) is 17.8 Å². The fourth-order valence-corrected chi connectivity index (χ4v) is 5.66. The normalized spacial score (nSPS) is 19.0. The first-order chi connectivity index (χ1) is 14.5. The van der Waals surface area contributed by atoms with E-state index in [1.54, 1.807) is 12.1 Å². The summed E-state index contributed by atoms with van der Waals surface area (Å²) in [6, 6.07) is 12.2. The molecule has 2 aromatic carbocycles. The van der Waals surface area contributed by atoms with Crippen molar-refractivity contribution in [2.45, 2.75) is 44.8 Å². The van der Waals surface area contributed by atoms with Crippen LogP contribution in [0.1, 0.15) is 43.2 Å². The number of benzene rings is 2. The Morgan fingerprint density at radius 2 is 1.90 bits per heavy atom. The second-order valence-electron chi connectivity index (χ2n) is 7.45. The van der Waals surface area contributed by atoms with Crippen molar-refractivity contribution in [1.29, 1.82) is 0 Å². The molecule has 156 valence electrons. The zero-order valence-corrected chi connectivity index (χ0v) is 19.5. The zero-order valence-electron chi connectivity index (χ0n) is 16.3. The van der Waals surface area contributed by atoms with Crippen LogP contribution in [0.3, 0.4) is 0 Å². The Bertz CT molecular complexity index is 987. The largest absolute Gasteiger partial charge is 0.488 e. The van der Waals surface area contributed by atoms with E-state index in [9.17, 15) is 9.18 Å². The van der Waals surface area contributed by atoms with Crippen molar-refractivity contribution in [3.05, 3.63) is 68.8 Å². The van der Waals surface area contributed by atoms with Crippen LogP contribution in [-0.2, 0) is 11.4 Å². The first-order valence-corrected chi connectivity index (χ1v) is 12.0. The Balaban J connectivity index is 1.44. The zero-order chi connectivity index (χ0) is 21.1. The second kappa shape index (κ2) is 9.62. The Labute approximate surface area is 193 Å². The summed E-state index contributed by atoms with van der Waals surface area (Å²) in [5.41, 5.74) is 1.79. The first kappa shape index (κ1) is 21.5. The summed E-state index contributed by atoms with van der Waals surface area (Å²) in [5, 5.41) is 0. The topological polar surface area (TPSA) is 29.5 Å². The number of amides is 1. The van der Waals surface area contributed by atoms with Gasteiger partial charge in [0.2, 0.25) is 0 Å². The third kappa shape index (κ3) is 4.95. The summed E-state index contributed by atoms with van der Waals surface area (Å²) >= 11 is 10.4. The molecule has 0 N–H and O–H groups in total. The standard InChI is InChI=1S/C23H21BrFNO2S2/c24-19-12-16(8-11-20(19)28-14-15-6-9-17(25)10-7-15)13-21-22(27)26(23(29)30-21)18-4-2-1-3-5-18/h6-13,18H,1-5,14H2/b21-13+. The highest BCUT2D eigenvalue weighted by atomic mass is 79.9. The van der Waals surface area contributed by atoms with Gasteiger partial charge in [0.1, 0.15) is 22.5 Å². The van der Waals surface area contributed by atoms with Crippen LogP contribution in [0, 0.1) is 5.82 Å². The van der Waals surface area contributed by atoms with Crippen molar-refractivity contribution < 1.29 is 13.9 Å². The van der Waals surface area contributed by atoms with Crippen molar-refractivity contribution >= 4 is 56.2 Å². The van der Waals surface area contributed by atoms with Gasteiger partial charge in [-0.2, -0.15) is 0 Å². The number of hydrogen-bond donors (Lipinski definition) is 0. The second-order valence-corrected chi connectivity index (χ2v) is 9.98. The summed E-state index contributed by atoms with van der Waals surface area (Å²) in [5.74, 6) is 0.439. The summed E-state index contributed by atoms with van der Waals surface area (Å²) in [6.07, 6.45) is 7.51. The average Bonchev–Trinajstić information content (AvgIpc) is 3.02. The van der Waals surface area contributed by atoms with Crippen molar-refractivity contribution in [1.82, 2.24) is 4.90 Å². The van der Waals surface area contributed by atoms with Gasteiger partial charge < -0.3 is 4.74 Å². The third-order valence-corrected chi connectivity index (χ3v) is 7.27. The molecule has 1 saturated carbocycles. The van der Waals surface area contributed by atoms with E-state index < -0.39 is 0 Å². The lowest BCUT2D eigenvalue weighted by Gasteiger charge is -2.29. The maximum absolute atomic E-state index is 13.0. The lowest BCUT2D eigenvalue weighted by atomic mass is 9.94. The number of thiocarbonyl (C=S) groups is 1. The maximum atomic E-state index is 13.0. The van der Waals surface area contributed by atoms with Gasteiger partial charge in [0.25, 0.3) is 5.91 Å². The maximum Gasteiger partial charge on any atom is 0.266 e. The highest BCUT2D eigenvalue weighted by Gasteiger charge is 2.37. The minimum absolute atomic E-state index is 0.0182. The molecular weight excluding hydrogens is 485 g/mol. The molecule has 0 radical (unpaired) electrons. The molecule has 2 aromatic rings. The van der Waals surface area contributed by atoms with Gasteiger partial charge in [0.15, 0.2) is 0 Å². The SMILES string of the molecule is O=C1/C(=C\c2ccc(OCc3ccc(F)cc3)c(Br)c2)SC(=S)N1C1CCCCC1. The van der Waals surface area contributed by atoms with E-state index in [0.717, 1.165) is 41.3 Å². The molecule has 0 atom stereocenters. The Morgan fingerprint density at radius 3 is 2.60 bits per heavy atom. The molecule has 7 heteroatoms. The molecule has 0 unspecified atom stereocenters.